The number of rotatable bonds is 47. The topological polar surface area (TPSA) is 649 Å². The first kappa shape index (κ1) is 87.2. The fraction of sp³-hybridized carbons (Fsp3) is 0.565. The van der Waals surface area contributed by atoms with Gasteiger partial charge in [-0.05, 0) is 100 Å². The molecule has 0 aliphatic carbocycles. The van der Waals surface area contributed by atoms with Crippen LogP contribution in [0.2, 0.25) is 0 Å². The van der Waals surface area contributed by atoms with Gasteiger partial charge in [0, 0.05) is 32.2 Å². The number of carbonyl (C=O) groups excluding carboxylic acids is 11. The first-order valence-corrected chi connectivity index (χ1v) is 33.9. The lowest BCUT2D eigenvalue weighted by atomic mass is 9.96. The molecule has 101 heavy (non-hydrogen) atoms. The lowest BCUT2D eigenvalue weighted by Gasteiger charge is -2.29. The maximum absolute atomic E-state index is 14.5. The van der Waals surface area contributed by atoms with Crippen LogP contribution in [0, 0.1) is 11.8 Å². The predicted octanol–water partition coefficient (Wildman–Crippen LogP) is -4.91. The standard InChI is InChI=1S/C62H97N16O22P/c1-7-32(4)49(77-52(86)38(64)22-24-46(81)82)59(93)78-50(34(6)79)60(94)74-42(29-36-18-20-37(21-19-36)100-101(97,98)99)56(90)69-33(5)51(85)70-41(23-25-47(83)84)55(89)76-48(31(2)3)58(92)72-40(17-13-27-68-62(66)67)53(87)73-43(28-35-14-9-8-10-15-35)57(91)71-39(16-11-12-26-63)54(88)75-44(61(95)96)30-45(65)80/h8-10,14-15,18-21,31-34,38-44,48-50,79H,7,11-13,16-17,22-30,63-64H2,1-6H3,(H2,65,80)(H,69,90)(H,70,85)(H,71,91)(H,72,92)(H,73,87)(H,74,94)(H,75,88)(H,76,89)(H,77,86)(H,78,93)(H,81,82)(H,83,84)(H,95,96)(H4,66,67,68)(H2,97,98,99)/t32-,33-,34+,38-,39-,40-,41-,42-,43-,44-,48-,49-,50-/m0/s1. The van der Waals surface area contributed by atoms with E-state index in [0.29, 0.717) is 12.0 Å². The molecule has 0 saturated carbocycles. The lowest BCUT2D eigenvalue weighted by molar-refractivity contribution is -0.144. The van der Waals surface area contributed by atoms with Gasteiger partial charge in [0.1, 0.15) is 66.2 Å². The Hall–Kier alpha value is -9.88. The highest BCUT2D eigenvalue weighted by atomic mass is 31.2. The summed E-state index contributed by atoms with van der Waals surface area (Å²) in [5.41, 5.74) is 28.5. The zero-order valence-electron chi connectivity index (χ0n) is 56.9. The number of hydrogen-bond acceptors (Lipinski definition) is 20. The summed E-state index contributed by atoms with van der Waals surface area (Å²) in [7, 11) is -5.05. The van der Waals surface area contributed by atoms with E-state index < -0.39 is 207 Å². The maximum Gasteiger partial charge on any atom is 0.524 e. The van der Waals surface area contributed by atoms with Crippen molar-refractivity contribution in [2.24, 2.45) is 45.5 Å². The molecule has 2 aromatic carbocycles. The number of carboxylic acids is 3. The number of unbranched alkanes of at least 4 members (excludes halogenated alkanes) is 1. The van der Waals surface area contributed by atoms with Gasteiger partial charge < -0.3 is 107 Å². The normalized spacial score (nSPS) is 15.1. The Morgan fingerprint density at radius 3 is 1.45 bits per heavy atom. The van der Waals surface area contributed by atoms with Crippen molar-refractivity contribution in [2.75, 3.05) is 13.1 Å². The SMILES string of the molecule is CC[C@H](C)[C@H](NC(=O)[C@@H](N)CCC(=O)O)C(=O)N[C@H](C(=O)N[C@@H](Cc1ccc(OP(=O)(O)O)cc1)C(=O)N[C@@H](C)C(=O)N[C@@H](CCC(=O)O)C(=O)N[C@H](C(=O)N[C@@H](CCCN=C(N)N)C(=O)N[C@@H](Cc1ccccc1)C(=O)N[C@@H](CCCCN)C(=O)N[C@@H](CC(N)=O)C(=O)O)C(C)C)[C@@H](C)O. The quantitative estimate of drug-likeness (QED) is 0.0128. The number of carbonyl (C=O) groups is 14. The molecule has 38 nitrogen and oxygen atoms in total. The fourth-order valence-corrected chi connectivity index (χ4v) is 10.0. The molecule has 0 aliphatic rings. The molecule has 0 bridgehead atoms. The monoisotopic (exact) mass is 1450 g/mol. The van der Waals surface area contributed by atoms with Crippen LogP contribution in [0.1, 0.15) is 123 Å². The van der Waals surface area contributed by atoms with E-state index in [0.717, 1.165) is 26.0 Å². The third-order valence-corrected chi connectivity index (χ3v) is 15.9. The minimum absolute atomic E-state index is 0.0120. The van der Waals surface area contributed by atoms with Gasteiger partial charge in [-0.25, -0.2) is 9.36 Å². The first-order chi connectivity index (χ1) is 47.3. The van der Waals surface area contributed by atoms with Gasteiger partial charge in [0.2, 0.25) is 65.0 Å². The third kappa shape index (κ3) is 33.2. The van der Waals surface area contributed by atoms with Gasteiger partial charge in [0.15, 0.2) is 5.96 Å². The molecule has 0 aromatic heterocycles. The molecule has 0 saturated heterocycles. The van der Waals surface area contributed by atoms with E-state index in [2.05, 4.69) is 62.7 Å². The summed E-state index contributed by atoms with van der Waals surface area (Å²) in [5.74, 6) is -17.9. The van der Waals surface area contributed by atoms with Crippen LogP contribution in [0.25, 0.3) is 0 Å². The van der Waals surface area contributed by atoms with Gasteiger partial charge in [-0.2, -0.15) is 0 Å². The highest BCUT2D eigenvalue weighted by Crippen LogP contribution is 2.37. The molecule has 13 atom stereocenters. The molecular weight excluding hydrogens is 1350 g/mol. The molecule has 26 N–H and O–H groups in total. The first-order valence-electron chi connectivity index (χ1n) is 32.3. The summed E-state index contributed by atoms with van der Waals surface area (Å²) in [4.78, 5) is 210. The molecule has 2 rings (SSSR count). The Kier molecular flexibility index (Phi) is 37.6. The van der Waals surface area contributed by atoms with Crippen molar-refractivity contribution >= 4 is 96.7 Å². The number of aliphatic hydroxyl groups excluding tert-OH is 1. The molecule has 11 amide bonds. The Balaban J connectivity index is 2.57. The van der Waals surface area contributed by atoms with E-state index in [1.54, 1.807) is 44.2 Å². The zero-order chi connectivity index (χ0) is 76.4. The summed E-state index contributed by atoms with van der Waals surface area (Å²) in [5, 5.41) is 63.7. The van der Waals surface area contributed by atoms with Gasteiger partial charge in [-0.3, -0.25) is 77.1 Å². The molecule has 562 valence electrons. The number of nitrogens with two attached hydrogens (primary N) is 5. The van der Waals surface area contributed by atoms with Crippen LogP contribution in [-0.4, -0.2) is 205 Å². The van der Waals surface area contributed by atoms with Gasteiger partial charge in [-0.1, -0.05) is 76.6 Å². The zero-order valence-corrected chi connectivity index (χ0v) is 57.8. The number of phosphoric ester groups is 1. The summed E-state index contributed by atoms with van der Waals surface area (Å²) in [6.45, 7) is 8.55. The maximum atomic E-state index is 14.5. The molecule has 2 aromatic rings. The molecule has 0 fully saturated rings. The average Bonchev–Trinajstić information content (AvgIpc) is 0.851. The summed E-state index contributed by atoms with van der Waals surface area (Å²) >= 11 is 0. The molecule has 0 unspecified atom stereocenters. The number of aliphatic carboxylic acids is 3. The van der Waals surface area contributed by atoms with Crippen LogP contribution in [-0.2, 0) is 84.5 Å². The molecule has 0 aliphatic heterocycles. The molecular formula is C62H97N16O22P. The summed E-state index contributed by atoms with van der Waals surface area (Å²) < 4.78 is 16.1. The molecule has 0 radical (unpaired) electrons. The third-order valence-electron chi connectivity index (χ3n) is 15.5. The number of nitrogens with one attached hydrogen (secondary N) is 10. The van der Waals surface area contributed by atoms with Crippen molar-refractivity contribution in [2.45, 2.75) is 198 Å². The van der Waals surface area contributed by atoms with E-state index in [9.17, 15) is 96.8 Å². The predicted molar refractivity (Wildman–Crippen MR) is 360 cm³/mol. The van der Waals surface area contributed by atoms with Crippen molar-refractivity contribution in [3.8, 4) is 5.75 Å². The van der Waals surface area contributed by atoms with Crippen LogP contribution >= 0.6 is 7.82 Å². The fourth-order valence-electron chi connectivity index (χ4n) is 9.63. The van der Waals surface area contributed by atoms with E-state index >= 15 is 0 Å². The van der Waals surface area contributed by atoms with Gasteiger partial charge in [0.05, 0.1) is 18.6 Å². The Bertz CT molecular complexity index is 3250. The van der Waals surface area contributed by atoms with Crippen molar-refractivity contribution in [3.05, 3.63) is 65.7 Å². The number of aliphatic imine (C=N–C) groups is 1. The number of guanidine groups is 1. The highest BCUT2D eigenvalue weighted by molar-refractivity contribution is 7.46. The molecule has 0 spiro atoms. The second-order valence-electron chi connectivity index (χ2n) is 24.3. The van der Waals surface area contributed by atoms with Gasteiger partial charge in [0.25, 0.3) is 0 Å². The average molecular weight is 1450 g/mol. The van der Waals surface area contributed by atoms with Crippen molar-refractivity contribution in [1.82, 2.24) is 53.2 Å². The number of phosphoric acid groups is 1. The van der Waals surface area contributed by atoms with Crippen molar-refractivity contribution in [3.63, 3.8) is 0 Å². The van der Waals surface area contributed by atoms with E-state index in [-0.39, 0.29) is 75.3 Å². The second kappa shape index (κ2) is 43.6. The highest BCUT2D eigenvalue weighted by Gasteiger charge is 2.38. The van der Waals surface area contributed by atoms with Gasteiger partial charge in [-0.15, -0.1) is 0 Å². The summed E-state index contributed by atoms with van der Waals surface area (Å²) in [6, 6.07) is -4.76. The molecule has 39 heteroatoms. The van der Waals surface area contributed by atoms with Gasteiger partial charge >= 0.3 is 25.7 Å². The Labute approximate surface area is 582 Å². The number of primary amides is 1. The van der Waals surface area contributed by atoms with E-state index in [1.807, 2.05) is 0 Å². The van der Waals surface area contributed by atoms with Crippen LogP contribution in [0.5, 0.6) is 5.75 Å². The number of nitrogens with zero attached hydrogens (tertiary/aromatic N) is 1. The van der Waals surface area contributed by atoms with Crippen LogP contribution in [0.4, 0.5) is 0 Å². The van der Waals surface area contributed by atoms with Crippen LogP contribution in [0.3, 0.4) is 0 Å². The molecule has 0 heterocycles. The van der Waals surface area contributed by atoms with Crippen molar-refractivity contribution in [1.29, 1.82) is 0 Å². The van der Waals surface area contributed by atoms with E-state index in [1.165, 1.54) is 26.0 Å². The van der Waals surface area contributed by atoms with Crippen LogP contribution in [0.15, 0.2) is 59.6 Å². The number of amides is 11. The second-order valence-corrected chi connectivity index (χ2v) is 25.4. The minimum Gasteiger partial charge on any atom is -0.481 e. The van der Waals surface area contributed by atoms with Crippen LogP contribution < -0.4 is 86.4 Å². The number of benzene rings is 2. The Morgan fingerprint density at radius 2 is 0.941 bits per heavy atom. The Morgan fingerprint density at radius 1 is 0.505 bits per heavy atom. The smallest absolute Gasteiger partial charge is 0.481 e. The number of aliphatic hydroxyl groups is 1. The van der Waals surface area contributed by atoms with Crippen molar-refractivity contribution < 1.29 is 106 Å². The lowest BCUT2D eigenvalue weighted by Crippen LogP contribution is -2.62. The largest absolute Gasteiger partial charge is 0.524 e. The number of hydrogen-bond donors (Lipinski definition) is 21. The number of carboxylic acid groups (broad SMARTS) is 3. The van der Waals surface area contributed by atoms with E-state index in [4.69, 9.17) is 33.8 Å². The minimum atomic E-state index is -5.05. The summed E-state index contributed by atoms with van der Waals surface area (Å²) in [6.07, 6.45) is -4.78.